The van der Waals surface area contributed by atoms with Gasteiger partial charge in [0.25, 0.3) is 0 Å². The molecule has 0 aromatic heterocycles. The molecule has 0 heterocycles. The lowest BCUT2D eigenvalue weighted by Crippen LogP contribution is -2.59. The second-order valence-corrected chi connectivity index (χ2v) is 11.6. The van der Waals surface area contributed by atoms with Crippen LogP contribution in [0.5, 0.6) is 0 Å². The number of ether oxygens (including phenoxy) is 2. The van der Waals surface area contributed by atoms with Gasteiger partial charge in [0.05, 0.1) is 13.0 Å². The zero-order chi connectivity index (χ0) is 30.8. The molecule has 11 heteroatoms. The van der Waals surface area contributed by atoms with Crippen LogP contribution in [-0.4, -0.2) is 65.0 Å². The summed E-state index contributed by atoms with van der Waals surface area (Å²) in [6.07, 6.45) is -1.15. The molecule has 0 aliphatic carbocycles. The number of benzene rings is 1. The lowest BCUT2D eigenvalue weighted by atomic mass is 9.90. The number of esters is 1. The summed E-state index contributed by atoms with van der Waals surface area (Å²) in [5.74, 6) is -2.19. The van der Waals surface area contributed by atoms with Gasteiger partial charge in [-0.25, -0.2) is 4.79 Å². The number of nitrogens with one attached hydrogen (secondary N) is 2. The molecule has 0 bridgehead atoms. The van der Waals surface area contributed by atoms with E-state index in [0.717, 1.165) is 11.1 Å². The molecule has 0 saturated heterocycles. The van der Waals surface area contributed by atoms with Crippen molar-refractivity contribution in [2.24, 2.45) is 5.73 Å². The Hall–Kier alpha value is -3.63. The number of amides is 4. The van der Waals surface area contributed by atoms with E-state index in [-0.39, 0.29) is 32.4 Å². The summed E-state index contributed by atoms with van der Waals surface area (Å²) in [6.45, 7) is 16.0. The third kappa shape index (κ3) is 10.9. The first kappa shape index (κ1) is 34.4. The molecule has 0 spiro atoms. The monoisotopic (exact) mass is 562 g/mol. The number of primary amides is 1. The molecule has 11 nitrogen and oxygen atoms in total. The molecule has 4 amide bonds. The van der Waals surface area contributed by atoms with Crippen molar-refractivity contribution in [2.45, 2.75) is 105 Å². The van der Waals surface area contributed by atoms with Crippen molar-refractivity contribution in [2.75, 3.05) is 13.2 Å². The second-order valence-electron chi connectivity index (χ2n) is 11.6. The lowest BCUT2D eigenvalue weighted by molar-refractivity contribution is -0.149. The molecule has 0 aliphatic heterocycles. The molecule has 0 aliphatic rings. The van der Waals surface area contributed by atoms with E-state index < -0.39 is 53.0 Å². The molecular formula is C29H46N4O7. The third-order valence-electron chi connectivity index (χ3n) is 5.88. The van der Waals surface area contributed by atoms with Gasteiger partial charge in [0, 0.05) is 18.5 Å². The van der Waals surface area contributed by atoms with Crippen LogP contribution in [0.3, 0.4) is 0 Å². The fraction of sp³-hybridized carbons (Fsp3) is 0.621. The van der Waals surface area contributed by atoms with Gasteiger partial charge < -0.3 is 30.7 Å². The van der Waals surface area contributed by atoms with E-state index in [4.69, 9.17) is 15.2 Å². The smallest absolute Gasteiger partial charge is 0.408 e. The van der Waals surface area contributed by atoms with Crippen LogP contribution in [0.1, 0.15) is 90.5 Å². The summed E-state index contributed by atoms with van der Waals surface area (Å²) < 4.78 is 10.3. The van der Waals surface area contributed by atoms with E-state index in [2.05, 4.69) is 10.6 Å². The molecule has 1 aromatic carbocycles. The van der Waals surface area contributed by atoms with Crippen LogP contribution in [0.15, 0.2) is 18.2 Å². The normalized spacial score (nSPS) is 13.0. The average Bonchev–Trinajstić information content (AvgIpc) is 2.78. The van der Waals surface area contributed by atoms with E-state index in [9.17, 15) is 24.0 Å². The van der Waals surface area contributed by atoms with Crippen molar-refractivity contribution >= 4 is 29.8 Å². The Balaban J connectivity index is 3.60. The standard InChI is InChI=1S/C29H46N4O7/c1-10-39-22(35)16-17-31-25(36)24(23-18(2)12-11-13-19(23)3)33(28(4,5)6)26(37)20(14-15-21(30)34)32-27(38)40-29(7,8)9/h11-13,20,24H,10,14-17H2,1-9H3,(H2,30,34)(H,31,36)(H,32,38). The number of aryl methyl sites for hydroxylation is 2. The molecular weight excluding hydrogens is 516 g/mol. The highest BCUT2D eigenvalue weighted by Gasteiger charge is 2.42. The summed E-state index contributed by atoms with van der Waals surface area (Å²) in [5.41, 5.74) is 5.79. The van der Waals surface area contributed by atoms with Crippen LogP contribution in [0, 0.1) is 13.8 Å². The number of nitrogens with two attached hydrogens (primary N) is 1. The molecule has 0 saturated carbocycles. The first-order chi connectivity index (χ1) is 18.4. The number of carbonyl (C=O) groups is 5. The number of rotatable bonds is 12. The van der Waals surface area contributed by atoms with Crippen LogP contribution in [0.2, 0.25) is 0 Å². The fourth-order valence-corrected chi connectivity index (χ4v) is 4.26. The van der Waals surface area contributed by atoms with E-state index in [1.165, 1.54) is 4.90 Å². The predicted octanol–water partition coefficient (Wildman–Crippen LogP) is 3.20. The molecule has 1 aromatic rings. The van der Waals surface area contributed by atoms with Gasteiger partial charge in [-0.05, 0) is 85.4 Å². The minimum Gasteiger partial charge on any atom is -0.466 e. The molecule has 1 rings (SSSR count). The summed E-state index contributed by atoms with van der Waals surface area (Å²) in [5, 5.41) is 5.35. The van der Waals surface area contributed by atoms with Crippen molar-refractivity contribution in [3.63, 3.8) is 0 Å². The minimum absolute atomic E-state index is 0.00648. The Morgan fingerprint density at radius 3 is 2.02 bits per heavy atom. The summed E-state index contributed by atoms with van der Waals surface area (Å²) in [7, 11) is 0. The largest absolute Gasteiger partial charge is 0.466 e. The average molecular weight is 563 g/mol. The van der Waals surface area contributed by atoms with Crippen molar-refractivity contribution in [1.82, 2.24) is 15.5 Å². The molecule has 0 fully saturated rings. The van der Waals surface area contributed by atoms with Crippen molar-refractivity contribution in [3.8, 4) is 0 Å². The number of nitrogens with zero attached hydrogens (tertiary/aromatic N) is 1. The van der Waals surface area contributed by atoms with Crippen LogP contribution < -0.4 is 16.4 Å². The second kappa shape index (κ2) is 14.7. The van der Waals surface area contributed by atoms with Gasteiger partial charge in [-0.1, -0.05) is 18.2 Å². The highest BCUT2D eigenvalue weighted by molar-refractivity contribution is 5.93. The van der Waals surface area contributed by atoms with Gasteiger partial charge >= 0.3 is 12.1 Å². The van der Waals surface area contributed by atoms with Gasteiger partial charge in [-0.2, -0.15) is 0 Å². The maximum absolute atomic E-state index is 14.3. The molecule has 2 atom stereocenters. The number of carbonyl (C=O) groups excluding carboxylic acids is 5. The molecule has 224 valence electrons. The first-order valence-corrected chi connectivity index (χ1v) is 13.5. The maximum atomic E-state index is 14.3. The number of hydrogen-bond donors (Lipinski definition) is 3. The van der Waals surface area contributed by atoms with Gasteiger partial charge in [0.1, 0.15) is 17.7 Å². The molecule has 2 unspecified atom stereocenters. The Labute approximate surface area is 237 Å². The molecule has 4 N–H and O–H groups in total. The lowest BCUT2D eigenvalue weighted by Gasteiger charge is -2.43. The fourth-order valence-electron chi connectivity index (χ4n) is 4.26. The Kier molecular flexibility index (Phi) is 12.6. The van der Waals surface area contributed by atoms with E-state index in [1.807, 2.05) is 32.0 Å². The topological polar surface area (TPSA) is 157 Å². The SMILES string of the molecule is CCOC(=O)CCNC(=O)C(c1c(C)cccc1C)N(C(=O)C(CCC(N)=O)NC(=O)OC(C)(C)C)C(C)(C)C. The van der Waals surface area contributed by atoms with E-state index in [1.54, 1.807) is 48.5 Å². The van der Waals surface area contributed by atoms with Gasteiger partial charge in [-0.3, -0.25) is 19.2 Å². The maximum Gasteiger partial charge on any atom is 0.408 e. The van der Waals surface area contributed by atoms with E-state index in [0.29, 0.717) is 5.56 Å². The summed E-state index contributed by atoms with van der Waals surface area (Å²) in [4.78, 5) is 65.7. The number of alkyl carbamates (subject to hydrolysis) is 1. The first-order valence-electron chi connectivity index (χ1n) is 13.5. The van der Waals surface area contributed by atoms with Crippen LogP contribution in [0.4, 0.5) is 4.79 Å². The Morgan fingerprint density at radius 1 is 0.975 bits per heavy atom. The van der Waals surface area contributed by atoms with Crippen molar-refractivity contribution in [3.05, 3.63) is 34.9 Å². The molecule has 40 heavy (non-hydrogen) atoms. The van der Waals surface area contributed by atoms with Gasteiger partial charge in [0.2, 0.25) is 17.7 Å². The third-order valence-corrected chi connectivity index (χ3v) is 5.88. The zero-order valence-corrected chi connectivity index (χ0v) is 25.3. The van der Waals surface area contributed by atoms with Crippen LogP contribution >= 0.6 is 0 Å². The highest BCUT2D eigenvalue weighted by atomic mass is 16.6. The van der Waals surface area contributed by atoms with E-state index >= 15 is 0 Å². The summed E-state index contributed by atoms with van der Waals surface area (Å²) in [6, 6.07) is 3.21. The summed E-state index contributed by atoms with van der Waals surface area (Å²) >= 11 is 0. The minimum atomic E-state index is -1.21. The Morgan fingerprint density at radius 2 is 1.55 bits per heavy atom. The van der Waals surface area contributed by atoms with Crippen molar-refractivity contribution < 1.29 is 33.4 Å². The van der Waals surface area contributed by atoms with Crippen LogP contribution in [-0.2, 0) is 28.7 Å². The Bertz CT molecular complexity index is 1050. The number of hydrogen-bond acceptors (Lipinski definition) is 7. The highest BCUT2D eigenvalue weighted by Crippen LogP contribution is 2.34. The van der Waals surface area contributed by atoms with Crippen LogP contribution in [0.25, 0.3) is 0 Å². The van der Waals surface area contributed by atoms with Crippen molar-refractivity contribution in [1.29, 1.82) is 0 Å². The van der Waals surface area contributed by atoms with Gasteiger partial charge in [-0.15, -0.1) is 0 Å². The zero-order valence-electron chi connectivity index (χ0n) is 25.3. The molecule has 0 radical (unpaired) electrons. The quantitative estimate of drug-likeness (QED) is 0.330. The predicted molar refractivity (Wildman–Crippen MR) is 151 cm³/mol. The van der Waals surface area contributed by atoms with Gasteiger partial charge in [0.15, 0.2) is 0 Å².